The maximum Gasteiger partial charge on any atom is 0.326 e. The number of fused-ring (bicyclic) bond motifs is 1. The first-order valence-corrected chi connectivity index (χ1v) is 7.20. The number of carbonyl (C=O) groups is 2. The summed E-state index contributed by atoms with van der Waals surface area (Å²) in [7, 11) is 0. The minimum atomic E-state index is -1.04. The Bertz CT molecular complexity index is 691. The first-order valence-electron chi connectivity index (χ1n) is 7.20. The minimum Gasteiger partial charge on any atom is -0.480 e. The van der Waals surface area contributed by atoms with Crippen molar-refractivity contribution in [2.45, 2.75) is 18.9 Å². The number of hydrogen-bond acceptors (Lipinski definition) is 4. The number of rotatable bonds is 4. The number of nitrogens with zero attached hydrogens (tertiary/aromatic N) is 2. The summed E-state index contributed by atoms with van der Waals surface area (Å²) in [5, 5.41) is 16.1. The van der Waals surface area contributed by atoms with Gasteiger partial charge >= 0.3 is 5.97 Å². The smallest absolute Gasteiger partial charge is 0.326 e. The molecule has 1 saturated heterocycles. The molecule has 2 atom stereocenters. The van der Waals surface area contributed by atoms with Crippen molar-refractivity contribution >= 4 is 17.4 Å². The monoisotopic (exact) mass is 303 g/mol. The summed E-state index contributed by atoms with van der Waals surface area (Å²) in [5.74, 6) is -1.68. The van der Waals surface area contributed by atoms with Crippen molar-refractivity contribution < 1.29 is 19.4 Å². The fraction of sp³-hybridized carbons (Fsp3) is 0.400. The van der Waals surface area contributed by atoms with E-state index >= 15 is 0 Å². The van der Waals surface area contributed by atoms with Crippen LogP contribution in [0.2, 0.25) is 0 Å². The number of amides is 1. The summed E-state index contributed by atoms with van der Waals surface area (Å²) >= 11 is 0. The Hall–Kier alpha value is -2.41. The highest BCUT2D eigenvalue weighted by molar-refractivity contribution is 6.02. The molecular weight excluding hydrogens is 286 g/mol. The standard InChI is InChI=1S/C15H17N3O4/c19-14(11-8-16-18-6-2-1-5-12(11)18)17-13(15(20)21)10-4-3-7-22-9-10/h1-2,5-6,8,10,13H,3-4,7,9H2,(H,17,19)(H,20,21). The molecule has 2 unspecified atom stereocenters. The van der Waals surface area contributed by atoms with Crippen LogP contribution in [-0.4, -0.2) is 45.9 Å². The van der Waals surface area contributed by atoms with Gasteiger partial charge in [-0.3, -0.25) is 4.79 Å². The Labute approximate surface area is 126 Å². The van der Waals surface area contributed by atoms with Crippen LogP contribution >= 0.6 is 0 Å². The molecule has 2 aromatic rings. The molecule has 0 spiro atoms. The van der Waals surface area contributed by atoms with Crippen molar-refractivity contribution in [3.8, 4) is 0 Å². The number of hydrogen-bond donors (Lipinski definition) is 2. The van der Waals surface area contributed by atoms with Gasteiger partial charge in [0.15, 0.2) is 0 Å². The highest BCUT2D eigenvalue weighted by Crippen LogP contribution is 2.19. The van der Waals surface area contributed by atoms with Crippen molar-refractivity contribution in [3.63, 3.8) is 0 Å². The predicted octanol–water partition coefficient (Wildman–Crippen LogP) is 0.944. The van der Waals surface area contributed by atoms with Gasteiger partial charge in [0, 0.05) is 18.7 Å². The van der Waals surface area contributed by atoms with Gasteiger partial charge in [-0.05, 0) is 25.0 Å². The van der Waals surface area contributed by atoms with Crippen LogP contribution in [0.4, 0.5) is 0 Å². The molecule has 3 rings (SSSR count). The van der Waals surface area contributed by atoms with Crippen LogP contribution in [0, 0.1) is 5.92 Å². The zero-order valence-corrected chi connectivity index (χ0v) is 11.9. The quantitative estimate of drug-likeness (QED) is 0.877. The van der Waals surface area contributed by atoms with Crippen molar-refractivity contribution in [1.82, 2.24) is 14.9 Å². The molecule has 0 aliphatic carbocycles. The number of aliphatic carboxylic acids is 1. The van der Waals surface area contributed by atoms with Crippen LogP contribution in [0.1, 0.15) is 23.2 Å². The summed E-state index contributed by atoms with van der Waals surface area (Å²) in [6.07, 6.45) is 4.71. The van der Waals surface area contributed by atoms with E-state index in [-0.39, 0.29) is 5.92 Å². The van der Waals surface area contributed by atoms with E-state index in [0.717, 1.165) is 12.8 Å². The molecule has 0 saturated carbocycles. The fourth-order valence-corrected chi connectivity index (χ4v) is 2.74. The van der Waals surface area contributed by atoms with Crippen LogP contribution < -0.4 is 5.32 Å². The average molecular weight is 303 g/mol. The summed E-state index contributed by atoms with van der Waals surface area (Å²) in [6.45, 7) is 0.997. The summed E-state index contributed by atoms with van der Waals surface area (Å²) in [4.78, 5) is 23.9. The van der Waals surface area contributed by atoms with Gasteiger partial charge in [-0.2, -0.15) is 5.10 Å². The van der Waals surface area contributed by atoms with Gasteiger partial charge in [0.25, 0.3) is 5.91 Å². The number of ether oxygens (including phenoxy) is 1. The molecule has 2 aromatic heterocycles. The zero-order valence-electron chi connectivity index (χ0n) is 11.9. The predicted molar refractivity (Wildman–Crippen MR) is 77.6 cm³/mol. The highest BCUT2D eigenvalue weighted by Gasteiger charge is 2.32. The number of pyridine rings is 1. The summed E-state index contributed by atoms with van der Waals surface area (Å²) in [6, 6.07) is 4.42. The Morgan fingerprint density at radius 2 is 2.32 bits per heavy atom. The molecule has 7 nitrogen and oxygen atoms in total. The van der Waals surface area contributed by atoms with Crippen molar-refractivity contribution in [2.24, 2.45) is 5.92 Å². The molecule has 0 bridgehead atoms. The van der Waals surface area contributed by atoms with E-state index in [1.807, 2.05) is 0 Å². The van der Waals surface area contributed by atoms with Gasteiger partial charge < -0.3 is 15.2 Å². The lowest BCUT2D eigenvalue weighted by Gasteiger charge is -2.27. The molecule has 1 amide bonds. The third-order valence-corrected chi connectivity index (χ3v) is 3.89. The number of nitrogens with one attached hydrogen (secondary N) is 1. The van der Waals surface area contributed by atoms with E-state index in [0.29, 0.717) is 24.3 Å². The van der Waals surface area contributed by atoms with Crippen molar-refractivity contribution in [3.05, 3.63) is 36.2 Å². The minimum absolute atomic E-state index is 0.211. The van der Waals surface area contributed by atoms with Gasteiger partial charge in [-0.1, -0.05) is 6.07 Å². The number of carbonyl (C=O) groups excluding carboxylic acids is 1. The molecule has 22 heavy (non-hydrogen) atoms. The number of aromatic nitrogens is 2. The molecule has 1 aliphatic rings. The first-order chi connectivity index (χ1) is 10.7. The average Bonchev–Trinajstić information content (AvgIpc) is 2.97. The van der Waals surface area contributed by atoms with Gasteiger partial charge in [0.2, 0.25) is 0 Å². The van der Waals surface area contributed by atoms with Crippen molar-refractivity contribution in [2.75, 3.05) is 13.2 Å². The molecule has 116 valence electrons. The SMILES string of the molecule is O=C(NC(C(=O)O)C1CCCOC1)c1cnn2ccccc12. The zero-order chi connectivity index (χ0) is 15.5. The third kappa shape index (κ3) is 2.80. The van der Waals surface area contributed by atoms with E-state index in [2.05, 4.69) is 10.4 Å². The fourth-order valence-electron chi connectivity index (χ4n) is 2.74. The molecule has 0 radical (unpaired) electrons. The topological polar surface area (TPSA) is 92.9 Å². The van der Waals surface area contributed by atoms with Crippen LogP contribution in [-0.2, 0) is 9.53 Å². The van der Waals surface area contributed by atoms with Gasteiger partial charge in [-0.25, -0.2) is 9.31 Å². The van der Waals surface area contributed by atoms with Crippen LogP contribution in [0.3, 0.4) is 0 Å². The molecule has 1 aliphatic heterocycles. The first kappa shape index (κ1) is 14.5. The molecule has 3 heterocycles. The van der Waals surface area contributed by atoms with E-state index in [4.69, 9.17) is 4.74 Å². The lowest BCUT2D eigenvalue weighted by atomic mass is 9.93. The highest BCUT2D eigenvalue weighted by atomic mass is 16.5. The lowest BCUT2D eigenvalue weighted by Crippen LogP contribution is -2.48. The Balaban J connectivity index is 1.80. The second-order valence-electron chi connectivity index (χ2n) is 5.36. The molecule has 2 N–H and O–H groups in total. The number of carboxylic acid groups (broad SMARTS) is 1. The van der Waals surface area contributed by atoms with Gasteiger partial charge in [0.05, 0.1) is 23.9 Å². The Kier molecular flexibility index (Phi) is 4.06. The maximum atomic E-state index is 12.4. The van der Waals surface area contributed by atoms with Gasteiger partial charge in [0.1, 0.15) is 6.04 Å². The molecular formula is C15H17N3O4. The lowest BCUT2D eigenvalue weighted by molar-refractivity contribution is -0.142. The van der Waals surface area contributed by atoms with Crippen LogP contribution in [0.5, 0.6) is 0 Å². The number of carboxylic acids is 1. The largest absolute Gasteiger partial charge is 0.480 e. The maximum absolute atomic E-state index is 12.4. The van der Waals surface area contributed by atoms with Crippen LogP contribution in [0.25, 0.3) is 5.52 Å². The third-order valence-electron chi connectivity index (χ3n) is 3.89. The molecule has 0 aromatic carbocycles. The second-order valence-corrected chi connectivity index (χ2v) is 5.36. The van der Waals surface area contributed by atoms with Crippen molar-refractivity contribution in [1.29, 1.82) is 0 Å². The van der Waals surface area contributed by atoms with Crippen LogP contribution in [0.15, 0.2) is 30.6 Å². The van der Waals surface area contributed by atoms with Gasteiger partial charge in [-0.15, -0.1) is 0 Å². The molecule has 1 fully saturated rings. The van der Waals surface area contributed by atoms with E-state index in [1.165, 1.54) is 6.20 Å². The normalized spacial score (nSPS) is 19.7. The summed E-state index contributed by atoms with van der Waals surface area (Å²) < 4.78 is 6.90. The second kappa shape index (κ2) is 6.15. The van der Waals surface area contributed by atoms with E-state index in [9.17, 15) is 14.7 Å². The summed E-state index contributed by atoms with van der Waals surface area (Å²) in [5.41, 5.74) is 1.01. The Morgan fingerprint density at radius 3 is 3.05 bits per heavy atom. The van der Waals surface area contributed by atoms with E-state index < -0.39 is 17.9 Å². The Morgan fingerprint density at radius 1 is 1.45 bits per heavy atom. The van der Waals surface area contributed by atoms with E-state index in [1.54, 1.807) is 28.9 Å². The molecule has 7 heteroatoms.